The molecule has 0 spiro atoms. The summed E-state index contributed by atoms with van der Waals surface area (Å²) in [5.74, 6) is -1.05. The summed E-state index contributed by atoms with van der Waals surface area (Å²) in [7, 11) is 0. The number of benzene rings is 1. The van der Waals surface area contributed by atoms with Gasteiger partial charge in [-0.2, -0.15) is 0 Å². The molecular formula is C14H16N2O3S. The number of nitrogens with zero attached hydrogens (tertiary/aromatic N) is 1. The molecule has 5 nitrogen and oxygen atoms in total. The van der Waals surface area contributed by atoms with Crippen LogP contribution in [0.25, 0.3) is 0 Å². The van der Waals surface area contributed by atoms with Gasteiger partial charge >= 0.3 is 0 Å². The van der Waals surface area contributed by atoms with Crippen molar-refractivity contribution in [2.45, 2.75) is 30.7 Å². The SMILES string of the molecule is CCC1C(=O)NC(=O)CN1C(=O)Cc1ccc(S)cc1. The Balaban J connectivity index is 2.11. The van der Waals surface area contributed by atoms with Crippen molar-refractivity contribution in [2.75, 3.05) is 6.54 Å². The molecule has 1 aromatic rings. The molecule has 106 valence electrons. The van der Waals surface area contributed by atoms with Crippen molar-refractivity contribution in [3.05, 3.63) is 29.8 Å². The van der Waals surface area contributed by atoms with Gasteiger partial charge < -0.3 is 4.90 Å². The van der Waals surface area contributed by atoms with E-state index in [-0.39, 0.29) is 18.9 Å². The van der Waals surface area contributed by atoms with Crippen LogP contribution in [-0.2, 0) is 20.8 Å². The van der Waals surface area contributed by atoms with Crippen LogP contribution in [0.1, 0.15) is 18.9 Å². The van der Waals surface area contributed by atoms with Gasteiger partial charge in [-0.1, -0.05) is 19.1 Å². The molecule has 6 heteroatoms. The van der Waals surface area contributed by atoms with Gasteiger partial charge in [0, 0.05) is 4.90 Å². The third-order valence-corrected chi connectivity index (χ3v) is 3.55. The third kappa shape index (κ3) is 3.19. The minimum absolute atomic E-state index is 0.0618. The largest absolute Gasteiger partial charge is 0.321 e. The minimum Gasteiger partial charge on any atom is -0.321 e. The summed E-state index contributed by atoms with van der Waals surface area (Å²) >= 11 is 4.18. The van der Waals surface area contributed by atoms with E-state index >= 15 is 0 Å². The molecule has 1 fully saturated rings. The molecule has 0 bridgehead atoms. The zero-order valence-corrected chi connectivity index (χ0v) is 12.0. The predicted octanol–water partition coefficient (Wildman–Crippen LogP) is 0.781. The maximum Gasteiger partial charge on any atom is 0.249 e. The quantitative estimate of drug-likeness (QED) is 0.639. The number of thiol groups is 1. The molecule has 20 heavy (non-hydrogen) atoms. The Bertz CT molecular complexity index is 542. The highest BCUT2D eigenvalue weighted by Gasteiger charge is 2.35. The first-order chi connectivity index (χ1) is 9.51. The fraction of sp³-hybridized carbons (Fsp3) is 0.357. The highest BCUT2D eigenvalue weighted by atomic mass is 32.1. The van der Waals surface area contributed by atoms with Crippen LogP contribution in [0, 0.1) is 0 Å². The van der Waals surface area contributed by atoms with Crippen molar-refractivity contribution in [1.29, 1.82) is 0 Å². The van der Waals surface area contributed by atoms with E-state index in [1.807, 2.05) is 19.1 Å². The molecule has 1 aromatic carbocycles. The van der Waals surface area contributed by atoms with Gasteiger partial charge in [0.05, 0.1) is 6.42 Å². The Morgan fingerprint density at radius 3 is 2.60 bits per heavy atom. The van der Waals surface area contributed by atoms with E-state index in [4.69, 9.17) is 0 Å². The number of rotatable bonds is 3. The van der Waals surface area contributed by atoms with Gasteiger partial charge in [-0.05, 0) is 24.1 Å². The van der Waals surface area contributed by atoms with Crippen molar-refractivity contribution in [3.63, 3.8) is 0 Å². The number of carbonyl (C=O) groups is 3. The molecule has 0 aliphatic carbocycles. The van der Waals surface area contributed by atoms with Crippen LogP contribution < -0.4 is 5.32 Å². The lowest BCUT2D eigenvalue weighted by Crippen LogP contribution is -2.59. The average molecular weight is 292 g/mol. The van der Waals surface area contributed by atoms with Gasteiger partial charge in [-0.15, -0.1) is 12.6 Å². The van der Waals surface area contributed by atoms with Crippen LogP contribution in [-0.4, -0.2) is 35.2 Å². The van der Waals surface area contributed by atoms with Crippen LogP contribution in [0.4, 0.5) is 0 Å². The standard InChI is InChI=1S/C14H16N2O3S/c1-2-11-14(19)15-12(17)8-16(11)13(18)7-9-3-5-10(20)6-4-9/h3-6,11,20H,2,7-8H2,1H3,(H,15,17,19). The summed E-state index contributed by atoms with van der Waals surface area (Å²) in [6.45, 7) is 1.75. The van der Waals surface area contributed by atoms with Gasteiger partial charge in [-0.25, -0.2) is 0 Å². The summed E-state index contributed by atoms with van der Waals surface area (Å²) in [5.41, 5.74) is 0.834. The van der Waals surface area contributed by atoms with Crippen LogP contribution in [0.15, 0.2) is 29.2 Å². The van der Waals surface area contributed by atoms with Gasteiger partial charge in [0.1, 0.15) is 12.6 Å². The summed E-state index contributed by atoms with van der Waals surface area (Å²) in [4.78, 5) is 37.6. The maximum absolute atomic E-state index is 12.3. The molecule has 0 radical (unpaired) electrons. The Kier molecular flexibility index (Phi) is 4.44. The number of piperazine rings is 1. The second-order valence-electron chi connectivity index (χ2n) is 4.70. The number of hydrogen-bond acceptors (Lipinski definition) is 4. The number of nitrogens with one attached hydrogen (secondary N) is 1. The van der Waals surface area contributed by atoms with Crippen LogP contribution in [0.2, 0.25) is 0 Å². The zero-order chi connectivity index (χ0) is 14.7. The van der Waals surface area contributed by atoms with Gasteiger partial charge in [0.2, 0.25) is 17.7 Å². The lowest BCUT2D eigenvalue weighted by atomic mass is 10.1. The normalized spacial score (nSPS) is 18.9. The summed E-state index contributed by atoms with van der Waals surface area (Å²) in [6, 6.07) is 6.66. The lowest BCUT2D eigenvalue weighted by molar-refractivity contribution is -0.149. The molecule has 3 amide bonds. The van der Waals surface area contributed by atoms with Crippen molar-refractivity contribution in [1.82, 2.24) is 10.2 Å². The first-order valence-corrected chi connectivity index (χ1v) is 6.87. The summed E-state index contributed by atoms with van der Waals surface area (Å²) < 4.78 is 0. The first-order valence-electron chi connectivity index (χ1n) is 6.42. The predicted molar refractivity (Wildman–Crippen MR) is 76.3 cm³/mol. The van der Waals surface area contributed by atoms with E-state index in [1.54, 1.807) is 12.1 Å². The van der Waals surface area contributed by atoms with Crippen molar-refractivity contribution < 1.29 is 14.4 Å². The summed E-state index contributed by atoms with van der Waals surface area (Å²) in [5, 5.41) is 2.25. The molecular weight excluding hydrogens is 276 g/mol. The average Bonchev–Trinajstić information content (AvgIpc) is 2.40. The second-order valence-corrected chi connectivity index (χ2v) is 5.22. The smallest absolute Gasteiger partial charge is 0.249 e. The second kappa shape index (κ2) is 6.09. The number of carbonyl (C=O) groups excluding carboxylic acids is 3. The van der Waals surface area contributed by atoms with E-state index in [0.29, 0.717) is 6.42 Å². The zero-order valence-electron chi connectivity index (χ0n) is 11.1. The van der Waals surface area contributed by atoms with Gasteiger partial charge in [-0.3, -0.25) is 19.7 Å². The van der Waals surface area contributed by atoms with Crippen LogP contribution in [0.5, 0.6) is 0 Å². The summed E-state index contributed by atoms with van der Waals surface area (Å²) in [6.07, 6.45) is 0.658. The van der Waals surface area contributed by atoms with E-state index in [9.17, 15) is 14.4 Å². The molecule has 1 heterocycles. The van der Waals surface area contributed by atoms with Gasteiger partial charge in [0.25, 0.3) is 0 Å². The Morgan fingerprint density at radius 1 is 1.35 bits per heavy atom. The fourth-order valence-electron chi connectivity index (χ4n) is 2.22. The molecule has 1 aliphatic heterocycles. The Hall–Kier alpha value is -1.82. The van der Waals surface area contributed by atoms with Gasteiger partial charge in [0.15, 0.2) is 0 Å². The monoisotopic (exact) mass is 292 g/mol. The lowest BCUT2D eigenvalue weighted by Gasteiger charge is -2.33. The fourth-order valence-corrected chi connectivity index (χ4v) is 2.37. The van der Waals surface area contributed by atoms with Crippen LogP contribution >= 0.6 is 12.6 Å². The molecule has 1 saturated heterocycles. The first kappa shape index (κ1) is 14.6. The molecule has 1 atom stereocenters. The van der Waals surface area contributed by atoms with E-state index < -0.39 is 17.9 Å². The van der Waals surface area contributed by atoms with E-state index in [2.05, 4.69) is 17.9 Å². The Labute approximate surface area is 122 Å². The van der Waals surface area contributed by atoms with Crippen molar-refractivity contribution >= 4 is 30.4 Å². The van der Waals surface area contributed by atoms with E-state index in [0.717, 1.165) is 10.5 Å². The molecule has 1 aliphatic rings. The van der Waals surface area contributed by atoms with Crippen molar-refractivity contribution in [2.24, 2.45) is 0 Å². The third-order valence-electron chi connectivity index (χ3n) is 3.25. The van der Waals surface area contributed by atoms with Crippen molar-refractivity contribution in [3.8, 4) is 0 Å². The highest BCUT2D eigenvalue weighted by Crippen LogP contribution is 2.13. The topological polar surface area (TPSA) is 66.5 Å². The molecule has 0 saturated carbocycles. The molecule has 2 rings (SSSR count). The minimum atomic E-state index is -0.565. The van der Waals surface area contributed by atoms with E-state index in [1.165, 1.54) is 4.90 Å². The number of amides is 3. The van der Waals surface area contributed by atoms with Crippen LogP contribution in [0.3, 0.4) is 0 Å². The molecule has 0 aromatic heterocycles. The highest BCUT2D eigenvalue weighted by molar-refractivity contribution is 7.80. The maximum atomic E-state index is 12.3. The Morgan fingerprint density at radius 2 is 2.00 bits per heavy atom. The number of imide groups is 1. The molecule has 1 N–H and O–H groups in total. The molecule has 1 unspecified atom stereocenters. The number of hydrogen-bond donors (Lipinski definition) is 2.